The van der Waals surface area contributed by atoms with Gasteiger partial charge in [-0.1, -0.05) is 24.3 Å². The van der Waals surface area contributed by atoms with E-state index in [1.165, 1.54) is 4.90 Å². The summed E-state index contributed by atoms with van der Waals surface area (Å²) in [6.07, 6.45) is 2.74. The van der Waals surface area contributed by atoms with E-state index in [1.54, 1.807) is 18.5 Å². The van der Waals surface area contributed by atoms with Crippen molar-refractivity contribution in [3.05, 3.63) is 60.9 Å². The number of aromatic nitrogens is 2. The molecule has 3 aromatic rings. The van der Waals surface area contributed by atoms with E-state index < -0.39 is 6.09 Å². The van der Waals surface area contributed by atoms with Crippen molar-refractivity contribution < 1.29 is 14.6 Å². The van der Waals surface area contributed by atoms with E-state index in [0.717, 1.165) is 22.6 Å². The summed E-state index contributed by atoms with van der Waals surface area (Å²) in [7, 11) is 0. The second-order valence-corrected chi connectivity index (χ2v) is 7.04. The second-order valence-electron chi connectivity index (χ2n) is 7.04. The maximum atomic E-state index is 11.5. The zero-order valence-electron chi connectivity index (χ0n) is 16.3. The largest absolute Gasteiger partial charge is 0.491 e. The van der Waals surface area contributed by atoms with Crippen LogP contribution in [0.4, 0.5) is 22.1 Å². The Labute approximate surface area is 169 Å². The van der Waals surface area contributed by atoms with Gasteiger partial charge in [-0.05, 0) is 43.7 Å². The molecule has 4 rings (SSSR count). The van der Waals surface area contributed by atoms with Crippen LogP contribution in [0.5, 0.6) is 5.75 Å². The van der Waals surface area contributed by atoms with E-state index in [0.29, 0.717) is 24.7 Å². The molecule has 0 fully saturated rings. The number of amides is 1. The predicted octanol–water partition coefficient (Wildman–Crippen LogP) is 4.57. The minimum atomic E-state index is -0.960. The first-order valence-corrected chi connectivity index (χ1v) is 9.49. The number of nitrogens with zero attached hydrogens (tertiary/aromatic N) is 4. The van der Waals surface area contributed by atoms with Gasteiger partial charge in [-0.2, -0.15) is 0 Å². The van der Waals surface area contributed by atoms with Crippen LogP contribution in [0.3, 0.4) is 0 Å². The standard InChI is InChI=1S/C22H22N4O3/c1-15(2)29-18-9-7-16(8-10-18)17-13-23-21(24-14-17)25-11-12-26(22(27)28)20-6-4-3-5-19(20)25/h3-10,13-15H,11-12H2,1-2H3,(H,27,28). The van der Waals surface area contributed by atoms with Crippen molar-refractivity contribution in [2.45, 2.75) is 20.0 Å². The number of carbonyl (C=O) groups is 1. The Balaban J connectivity index is 1.58. The fourth-order valence-electron chi connectivity index (χ4n) is 3.38. The molecule has 29 heavy (non-hydrogen) atoms. The summed E-state index contributed by atoms with van der Waals surface area (Å²) in [6.45, 7) is 4.84. The summed E-state index contributed by atoms with van der Waals surface area (Å²) < 4.78 is 5.68. The van der Waals surface area contributed by atoms with Gasteiger partial charge < -0.3 is 14.7 Å². The molecule has 0 saturated carbocycles. The van der Waals surface area contributed by atoms with Crippen LogP contribution in [0.1, 0.15) is 13.8 Å². The van der Waals surface area contributed by atoms with Gasteiger partial charge in [0.25, 0.3) is 0 Å². The van der Waals surface area contributed by atoms with Gasteiger partial charge in [-0.15, -0.1) is 0 Å². The number of ether oxygens (including phenoxy) is 1. The Morgan fingerprint density at radius 1 is 0.966 bits per heavy atom. The van der Waals surface area contributed by atoms with Crippen molar-refractivity contribution >= 4 is 23.4 Å². The lowest BCUT2D eigenvalue weighted by atomic mass is 10.1. The van der Waals surface area contributed by atoms with Crippen LogP contribution < -0.4 is 14.5 Å². The van der Waals surface area contributed by atoms with Gasteiger partial charge in [0.2, 0.25) is 5.95 Å². The molecule has 0 saturated heterocycles. The molecule has 1 amide bonds. The van der Waals surface area contributed by atoms with E-state index >= 15 is 0 Å². The SMILES string of the molecule is CC(C)Oc1ccc(-c2cnc(N3CCN(C(=O)O)c4ccccc43)nc2)cc1. The normalized spacial score (nSPS) is 13.3. The highest BCUT2D eigenvalue weighted by Crippen LogP contribution is 2.36. The van der Waals surface area contributed by atoms with Gasteiger partial charge in [0.1, 0.15) is 5.75 Å². The summed E-state index contributed by atoms with van der Waals surface area (Å²) in [5.74, 6) is 1.38. The highest BCUT2D eigenvalue weighted by atomic mass is 16.5. The number of carboxylic acid groups (broad SMARTS) is 1. The Morgan fingerprint density at radius 2 is 1.62 bits per heavy atom. The third-order valence-electron chi connectivity index (χ3n) is 4.68. The van der Waals surface area contributed by atoms with Crippen molar-refractivity contribution in [1.82, 2.24) is 9.97 Å². The van der Waals surface area contributed by atoms with Crippen LogP contribution in [0.2, 0.25) is 0 Å². The first-order chi connectivity index (χ1) is 14.0. The van der Waals surface area contributed by atoms with Gasteiger partial charge in [0.15, 0.2) is 0 Å². The first kappa shape index (κ1) is 18.7. The van der Waals surface area contributed by atoms with E-state index in [4.69, 9.17) is 4.74 Å². The van der Waals surface area contributed by atoms with Crippen molar-refractivity contribution in [1.29, 1.82) is 0 Å². The van der Waals surface area contributed by atoms with Gasteiger partial charge in [-0.3, -0.25) is 4.90 Å². The van der Waals surface area contributed by atoms with Gasteiger partial charge in [0, 0.05) is 31.0 Å². The summed E-state index contributed by atoms with van der Waals surface area (Å²) in [6, 6.07) is 15.2. The van der Waals surface area contributed by atoms with Crippen molar-refractivity contribution in [2.24, 2.45) is 0 Å². The molecule has 0 spiro atoms. The summed E-state index contributed by atoms with van der Waals surface area (Å²) in [4.78, 5) is 23.9. The van der Waals surface area contributed by atoms with Gasteiger partial charge >= 0.3 is 6.09 Å². The lowest BCUT2D eigenvalue weighted by Crippen LogP contribution is -2.42. The summed E-state index contributed by atoms with van der Waals surface area (Å²) >= 11 is 0. The Bertz CT molecular complexity index is 1000. The smallest absolute Gasteiger partial charge is 0.411 e. The number of hydrogen-bond donors (Lipinski definition) is 1. The quantitative estimate of drug-likeness (QED) is 0.703. The van der Waals surface area contributed by atoms with Crippen LogP contribution in [-0.4, -0.2) is 40.4 Å². The Morgan fingerprint density at radius 3 is 2.24 bits per heavy atom. The van der Waals surface area contributed by atoms with Crippen molar-refractivity contribution in [3.8, 4) is 16.9 Å². The molecule has 1 N–H and O–H groups in total. The molecule has 1 aliphatic heterocycles. The third kappa shape index (κ3) is 3.85. The summed E-state index contributed by atoms with van der Waals surface area (Å²) in [5, 5.41) is 9.44. The van der Waals surface area contributed by atoms with Gasteiger partial charge in [-0.25, -0.2) is 14.8 Å². The van der Waals surface area contributed by atoms with Crippen LogP contribution in [0.15, 0.2) is 60.9 Å². The second kappa shape index (κ2) is 7.79. The Kier molecular flexibility index (Phi) is 5.03. The molecular formula is C22H22N4O3. The fraction of sp³-hybridized carbons (Fsp3) is 0.227. The number of benzene rings is 2. The average Bonchev–Trinajstić information content (AvgIpc) is 2.73. The minimum absolute atomic E-state index is 0.132. The average molecular weight is 390 g/mol. The minimum Gasteiger partial charge on any atom is -0.491 e. The molecule has 1 aromatic heterocycles. The first-order valence-electron chi connectivity index (χ1n) is 9.49. The molecule has 2 heterocycles. The molecule has 0 unspecified atom stereocenters. The van der Waals surface area contributed by atoms with E-state index in [2.05, 4.69) is 9.97 Å². The highest BCUT2D eigenvalue weighted by molar-refractivity contribution is 5.93. The zero-order valence-corrected chi connectivity index (χ0v) is 16.3. The molecule has 0 aliphatic carbocycles. The maximum Gasteiger partial charge on any atom is 0.411 e. The van der Waals surface area contributed by atoms with E-state index in [1.807, 2.05) is 61.2 Å². The molecular weight excluding hydrogens is 368 g/mol. The number of hydrogen-bond acceptors (Lipinski definition) is 5. The number of para-hydroxylation sites is 2. The maximum absolute atomic E-state index is 11.5. The number of anilines is 3. The van der Waals surface area contributed by atoms with Crippen LogP contribution in [-0.2, 0) is 0 Å². The van der Waals surface area contributed by atoms with Crippen LogP contribution in [0, 0.1) is 0 Å². The lowest BCUT2D eigenvalue weighted by molar-refractivity contribution is 0.201. The predicted molar refractivity (Wildman–Crippen MR) is 112 cm³/mol. The van der Waals surface area contributed by atoms with E-state index in [9.17, 15) is 9.90 Å². The molecule has 1 aliphatic rings. The molecule has 0 radical (unpaired) electrons. The van der Waals surface area contributed by atoms with Crippen molar-refractivity contribution in [2.75, 3.05) is 22.9 Å². The van der Waals surface area contributed by atoms with Crippen molar-refractivity contribution in [3.63, 3.8) is 0 Å². The molecule has 0 atom stereocenters. The lowest BCUT2D eigenvalue weighted by Gasteiger charge is -2.34. The third-order valence-corrected chi connectivity index (χ3v) is 4.68. The summed E-state index contributed by atoms with van der Waals surface area (Å²) in [5.41, 5.74) is 3.33. The molecule has 0 bridgehead atoms. The van der Waals surface area contributed by atoms with E-state index in [-0.39, 0.29) is 6.10 Å². The Hall–Kier alpha value is -3.61. The number of fused-ring (bicyclic) bond motifs is 1. The molecule has 148 valence electrons. The molecule has 2 aromatic carbocycles. The molecule has 7 nitrogen and oxygen atoms in total. The highest BCUT2D eigenvalue weighted by Gasteiger charge is 2.28. The fourth-order valence-corrected chi connectivity index (χ4v) is 3.38. The number of rotatable bonds is 4. The zero-order chi connectivity index (χ0) is 20.4. The van der Waals surface area contributed by atoms with Gasteiger partial charge in [0.05, 0.1) is 17.5 Å². The topological polar surface area (TPSA) is 78.8 Å². The monoisotopic (exact) mass is 390 g/mol. The van der Waals surface area contributed by atoms with Crippen LogP contribution >= 0.6 is 0 Å². The molecule has 7 heteroatoms. The van der Waals surface area contributed by atoms with Crippen LogP contribution in [0.25, 0.3) is 11.1 Å².